The molecule has 0 aliphatic carbocycles. The number of aryl methyl sites for hydroxylation is 1. The fourth-order valence-corrected chi connectivity index (χ4v) is 2.66. The van der Waals surface area contributed by atoms with Crippen molar-refractivity contribution in [3.05, 3.63) is 35.1 Å². The van der Waals surface area contributed by atoms with Crippen LogP contribution in [0.15, 0.2) is 18.2 Å². The van der Waals surface area contributed by atoms with Gasteiger partial charge in [0.15, 0.2) is 0 Å². The van der Waals surface area contributed by atoms with Crippen LogP contribution >= 0.6 is 12.4 Å². The molecular formula is C15H24ClFN2. The lowest BCUT2D eigenvalue weighted by Crippen LogP contribution is -2.32. The summed E-state index contributed by atoms with van der Waals surface area (Å²) in [7, 11) is 2.11. The number of nitrogens with one attached hydrogen (secondary N) is 1. The van der Waals surface area contributed by atoms with Crippen LogP contribution in [0.2, 0.25) is 0 Å². The van der Waals surface area contributed by atoms with E-state index in [9.17, 15) is 4.39 Å². The van der Waals surface area contributed by atoms with E-state index in [2.05, 4.69) is 17.3 Å². The van der Waals surface area contributed by atoms with Gasteiger partial charge in [0.05, 0.1) is 0 Å². The summed E-state index contributed by atoms with van der Waals surface area (Å²) in [5, 5.41) is 3.42. The minimum Gasteiger partial charge on any atom is -0.317 e. The van der Waals surface area contributed by atoms with Crippen molar-refractivity contribution in [2.45, 2.75) is 38.8 Å². The molecule has 1 aromatic rings. The minimum absolute atomic E-state index is 0. The molecule has 1 N–H and O–H groups in total. The molecule has 1 unspecified atom stereocenters. The van der Waals surface area contributed by atoms with Crippen molar-refractivity contribution < 1.29 is 4.39 Å². The minimum atomic E-state index is -0.0841. The first-order valence-electron chi connectivity index (χ1n) is 6.83. The van der Waals surface area contributed by atoms with Gasteiger partial charge in [0.2, 0.25) is 0 Å². The average Bonchev–Trinajstić information content (AvgIpc) is 2.62. The van der Waals surface area contributed by atoms with Gasteiger partial charge in [0.1, 0.15) is 5.82 Å². The first kappa shape index (κ1) is 16.4. The zero-order valence-electron chi connectivity index (χ0n) is 11.8. The van der Waals surface area contributed by atoms with Gasteiger partial charge in [-0.3, -0.25) is 4.90 Å². The van der Waals surface area contributed by atoms with Crippen LogP contribution in [-0.2, 0) is 6.54 Å². The van der Waals surface area contributed by atoms with Gasteiger partial charge in [0, 0.05) is 18.2 Å². The van der Waals surface area contributed by atoms with Gasteiger partial charge >= 0.3 is 0 Å². The Morgan fingerprint density at radius 3 is 2.89 bits per heavy atom. The normalized spacial score (nSPS) is 19.9. The largest absolute Gasteiger partial charge is 0.317 e. The van der Waals surface area contributed by atoms with Crippen LogP contribution in [0.1, 0.15) is 30.4 Å². The second kappa shape index (κ2) is 7.83. The lowest BCUT2D eigenvalue weighted by atomic mass is 10.1. The standard InChI is InChI=1S/C15H23FN2.ClH/c1-12-5-6-15(16)13(10-12)11-18(2)14-4-3-8-17-9-7-14;/h5-6,10,14,17H,3-4,7-9,11H2,1-2H3;1H. The Morgan fingerprint density at radius 1 is 1.32 bits per heavy atom. The maximum Gasteiger partial charge on any atom is 0.127 e. The lowest BCUT2D eigenvalue weighted by Gasteiger charge is -2.27. The maximum absolute atomic E-state index is 13.7. The number of rotatable bonds is 3. The van der Waals surface area contributed by atoms with Crippen LogP contribution < -0.4 is 5.32 Å². The second-order valence-corrected chi connectivity index (χ2v) is 5.34. The zero-order valence-corrected chi connectivity index (χ0v) is 12.6. The average molecular weight is 287 g/mol. The molecule has 0 saturated carbocycles. The molecule has 0 spiro atoms. The predicted molar refractivity (Wildman–Crippen MR) is 80.4 cm³/mol. The first-order valence-corrected chi connectivity index (χ1v) is 6.83. The number of nitrogens with zero attached hydrogens (tertiary/aromatic N) is 1. The summed E-state index contributed by atoms with van der Waals surface area (Å²) in [5.41, 5.74) is 1.94. The van der Waals surface area contributed by atoms with E-state index in [1.165, 1.54) is 12.8 Å². The van der Waals surface area contributed by atoms with Gasteiger partial charge in [-0.2, -0.15) is 0 Å². The van der Waals surface area contributed by atoms with Gasteiger partial charge in [-0.15, -0.1) is 12.4 Å². The van der Waals surface area contributed by atoms with E-state index in [0.717, 1.165) is 30.6 Å². The molecule has 19 heavy (non-hydrogen) atoms. The van der Waals surface area contributed by atoms with E-state index < -0.39 is 0 Å². The number of benzene rings is 1. The predicted octanol–water partition coefficient (Wildman–Crippen LogP) is 3.13. The molecule has 0 radical (unpaired) electrons. The monoisotopic (exact) mass is 286 g/mol. The highest BCUT2D eigenvalue weighted by Crippen LogP contribution is 2.17. The summed E-state index contributed by atoms with van der Waals surface area (Å²) in [6.07, 6.45) is 3.58. The van der Waals surface area contributed by atoms with Crippen LogP contribution in [0.3, 0.4) is 0 Å². The first-order chi connectivity index (χ1) is 8.66. The number of hydrogen-bond donors (Lipinski definition) is 1. The molecule has 2 nitrogen and oxygen atoms in total. The van der Waals surface area contributed by atoms with Crippen molar-refractivity contribution in [3.63, 3.8) is 0 Å². The Kier molecular flexibility index (Phi) is 6.76. The van der Waals surface area contributed by atoms with Gasteiger partial charge in [-0.25, -0.2) is 4.39 Å². The van der Waals surface area contributed by atoms with Crippen molar-refractivity contribution in [3.8, 4) is 0 Å². The molecule has 1 saturated heterocycles. The lowest BCUT2D eigenvalue weighted by molar-refractivity contribution is 0.214. The second-order valence-electron chi connectivity index (χ2n) is 5.34. The highest BCUT2D eigenvalue weighted by molar-refractivity contribution is 5.85. The molecule has 1 aromatic carbocycles. The maximum atomic E-state index is 13.7. The molecule has 4 heteroatoms. The molecule has 1 fully saturated rings. The van der Waals surface area contributed by atoms with E-state index in [-0.39, 0.29) is 18.2 Å². The Morgan fingerprint density at radius 2 is 2.11 bits per heavy atom. The Hall–Kier alpha value is -0.640. The van der Waals surface area contributed by atoms with Crippen molar-refractivity contribution in [1.82, 2.24) is 10.2 Å². The Bertz CT molecular complexity index is 390. The molecular weight excluding hydrogens is 263 g/mol. The molecule has 0 bridgehead atoms. The van der Waals surface area contributed by atoms with Gasteiger partial charge in [-0.1, -0.05) is 17.7 Å². The molecule has 1 aliphatic heterocycles. The third-order valence-electron chi connectivity index (χ3n) is 3.79. The van der Waals surface area contributed by atoms with Gasteiger partial charge < -0.3 is 5.32 Å². The Labute approximate surface area is 121 Å². The van der Waals surface area contributed by atoms with E-state index in [1.807, 2.05) is 19.1 Å². The van der Waals surface area contributed by atoms with Crippen LogP contribution in [0.4, 0.5) is 4.39 Å². The summed E-state index contributed by atoms with van der Waals surface area (Å²) in [4.78, 5) is 2.30. The third kappa shape index (κ3) is 4.75. The third-order valence-corrected chi connectivity index (χ3v) is 3.79. The summed E-state index contributed by atoms with van der Waals surface area (Å²) in [6.45, 7) is 4.91. The summed E-state index contributed by atoms with van der Waals surface area (Å²) < 4.78 is 13.7. The van der Waals surface area contributed by atoms with Crippen molar-refractivity contribution >= 4 is 12.4 Å². The van der Waals surface area contributed by atoms with E-state index in [4.69, 9.17) is 0 Å². The van der Waals surface area contributed by atoms with E-state index in [1.54, 1.807) is 6.07 Å². The molecule has 0 aromatic heterocycles. The van der Waals surface area contributed by atoms with Crippen molar-refractivity contribution in [2.24, 2.45) is 0 Å². The van der Waals surface area contributed by atoms with Crippen molar-refractivity contribution in [1.29, 1.82) is 0 Å². The van der Waals surface area contributed by atoms with Crippen molar-refractivity contribution in [2.75, 3.05) is 20.1 Å². The zero-order chi connectivity index (χ0) is 13.0. The summed E-state index contributed by atoms with van der Waals surface area (Å²) in [5.74, 6) is -0.0841. The highest BCUT2D eigenvalue weighted by Gasteiger charge is 2.17. The van der Waals surface area contributed by atoms with Crippen LogP contribution in [0, 0.1) is 12.7 Å². The highest BCUT2D eigenvalue weighted by atomic mass is 35.5. The molecule has 2 rings (SSSR count). The summed E-state index contributed by atoms with van der Waals surface area (Å²) >= 11 is 0. The quantitative estimate of drug-likeness (QED) is 0.918. The van der Waals surface area contributed by atoms with Gasteiger partial charge in [0.25, 0.3) is 0 Å². The van der Waals surface area contributed by atoms with Gasteiger partial charge in [-0.05, 0) is 52.4 Å². The van der Waals surface area contributed by atoms with E-state index in [0.29, 0.717) is 12.6 Å². The fourth-order valence-electron chi connectivity index (χ4n) is 2.66. The molecule has 1 heterocycles. The summed E-state index contributed by atoms with van der Waals surface area (Å²) in [6, 6.07) is 5.93. The number of hydrogen-bond acceptors (Lipinski definition) is 2. The van der Waals surface area contributed by atoms with Crippen LogP contribution in [0.25, 0.3) is 0 Å². The number of halogens is 2. The van der Waals surface area contributed by atoms with Crippen LogP contribution in [-0.4, -0.2) is 31.1 Å². The topological polar surface area (TPSA) is 15.3 Å². The fraction of sp³-hybridized carbons (Fsp3) is 0.600. The molecule has 108 valence electrons. The smallest absolute Gasteiger partial charge is 0.127 e. The van der Waals surface area contributed by atoms with E-state index >= 15 is 0 Å². The molecule has 1 aliphatic rings. The molecule has 0 amide bonds. The molecule has 1 atom stereocenters. The SMILES string of the molecule is Cc1ccc(F)c(CN(C)C2CCCNCC2)c1.Cl. The Balaban J connectivity index is 0.00000180. The van der Waals surface area contributed by atoms with Crippen LogP contribution in [0.5, 0.6) is 0 Å².